The Kier molecular flexibility index (Phi) is 5.06. The fourth-order valence-corrected chi connectivity index (χ4v) is 3.04. The van der Waals surface area contributed by atoms with Crippen LogP contribution in [0.3, 0.4) is 0 Å². The van der Waals surface area contributed by atoms with Crippen LogP contribution < -0.4 is 10.0 Å². The van der Waals surface area contributed by atoms with Gasteiger partial charge in [0.05, 0.1) is 18.0 Å². The highest BCUT2D eigenvalue weighted by molar-refractivity contribution is 7.89. The molecule has 0 bridgehead atoms. The van der Waals surface area contributed by atoms with Gasteiger partial charge >= 0.3 is 5.97 Å². The Morgan fingerprint density at radius 2 is 2.09 bits per heavy atom. The van der Waals surface area contributed by atoms with Crippen LogP contribution in [0.25, 0.3) is 0 Å². The number of aromatic nitrogens is 1. The van der Waals surface area contributed by atoms with Crippen molar-refractivity contribution in [3.63, 3.8) is 0 Å². The molecule has 1 aliphatic carbocycles. The van der Waals surface area contributed by atoms with Crippen molar-refractivity contribution in [1.29, 1.82) is 0 Å². The van der Waals surface area contributed by atoms with Gasteiger partial charge in [0.2, 0.25) is 10.0 Å². The van der Waals surface area contributed by atoms with Crippen molar-refractivity contribution >= 4 is 28.2 Å². The van der Waals surface area contributed by atoms with E-state index in [2.05, 4.69) is 15.0 Å². The molecule has 9 nitrogen and oxygen atoms in total. The molecule has 0 aromatic carbocycles. The Morgan fingerprint density at radius 1 is 1.39 bits per heavy atom. The van der Waals surface area contributed by atoms with Crippen molar-refractivity contribution in [2.75, 3.05) is 0 Å². The predicted octanol–water partition coefficient (Wildman–Crippen LogP) is -0.706. The molecule has 1 aliphatic rings. The van der Waals surface area contributed by atoms with E-state index in [1.165, 1.54) is 0 Å². The van der Waals surface area contributed by atoms with Crippen LogP contribution >= 0.6 is 0 Å². The molecule has 1 aromatic rings. The van der Waals surface area contributed by atoms with Gasteiger partial charge in [0.25, 0.3) is 5.91 Å². The zero-order chi connectivity index (χ0) is 17.0. The number of nitrogens with one attached hydrogen (secondary N) is 2. The second kappa shape index (κ2) is 6.84. The van der Waals surface area contributed by atoms with Crippen LogP contribution in [0.2, 0.25) is 0 Å². The molecule has 1 heterocycles. The summed E-state index contributed by atoms with van der Waals surface area (Å²) in [5, 5.41) is 10.8. The standard InChI is InChI=1S/C13H15N3O6S/c17-7-10(4-12(18)19)15-13(20)8-3-11(6-14-5-8)23(21,22)16-9-1-2-9/h3,5-7,9-10,16H,1-2,4H2,(H,15,20)(H,18,19)/t10-/m0/s1. The molecule has 0 radical (unpaired) electrons. The van der Waals surface area contributed by atoms with Crippen LogP contribution in [0.15, 0.2) is 23.4 Å². The normalized spacial score (nSPS) is 15.7. The van der Waals surface area contributed by atoms with Gasteiger partial charge in [0.1, 0.15) is 11.2 Å². The minimum Gasteiger partial charge on any atom is -0.481 e. The van der Waals surface area contributed by atoms with E-state index in [0.29, 0.717) is 6.29 Å². The first-order valence-corrected chi connectivity index (χ1v) is 8.25. The van der Waals surface area contributed by atoms with E-state index in [1.807, 2.05) is 0 Å². The number of carbonyl (C=O) groups excluding carboxylic acids is 2. The van der Waals surface area contributed by atoms with Gasteiger partial charge in [-0.05, 0) is 18.9 Å². The average molecular weight is 341 g/mol. The van der Waals surface area contributed by atoms with Crippen molar-refractivity contribution in [3.8, 4) is 0 Å². The van der Waals surface area contributed by atoms with E-state index in [4.69, 9.17) is 5.11 Å². The number of carboxylic acids is 1. The van der Waals surface area contributed by atoms with Crippen LogP contribution in [-0.4, -0.2) is 48.8 Å². The highest BCUT2D eigenvalue weighted by Crippen LogP contribution is 2.22. The lowest BCUT2D eigenvalue weighted by Gasteiger charge is -2.11. The smallest absolute Gasteiger partial charge is 0.305 e. The first kappa shape index (κ1) is 17.0. The molecule has 3 N–H and O–H groups in total. The van der Waals surface area contributed by atoms with Gasteiger partial charge in [-0.25, -0.2) is 13.1 Å². The third-order valence-electron chi connectivity index (χ3n) is 3.06. The number of amides is 1. The first-order chi connectivity index (χ1) is 10.8. The van der Waals surface area contributed by atoms with Crippen molar-refractivity contribution in [2.24, 2.45) is 0 Å². The molecule has 0 spiro atoms. The minimum absolute atomic E-state index is 0.0825. The number of hydrogen-bond acceptors (Lipinski definition) is 6. The number of aliphatic carboxylic acids is 1. The molecule has 124 valence electrons. The number of rotatable bonds is 8. The Morgan fingerprint density at radius 3 is 2.65 bits per heavy atom. The average Bonchev–Trinajstić information content (AvgIpc) is 3.29. The molecule has 0 saturated heterocycles. The van der Waals surface area contributed by atoms with E-state index in [-0.39, 0.29) is 16.5 Å². The molecule has 1 saturated carbocycles. The summed E-state index contributed by atoms with van der Waals surface area (Å²) in [5.74, 6) is -2.02. The summed E-state index contributed by atoms with van der Waals surface area (Å²) < 4.78 is 26.6. The minimum atomic E-state index is -3.76. The van der Waals surface area contributed by atoms with Crippen LogP contribution in [0, 0.1) is 0 Å². The lowest BCUT2D eigenvalue weighted by atomic mass is 10.2. The zero-order valence-electron chi connectivity index (χ0n) is 11.9. The second-order valence-electron chi connectivity index (χ2n) is 5.12. The van der Waals surface area contributed by atoms with E-state index in [9.17, 15) is 22.8 Å². The molecule has 1 atom stereocenters. The predicted molar refractivity (Wildman–Crippen MR) is 77.2 cm³/mol. The summed E-state index contributed by atoms with van der Waals surface area (Å²) in [5.41, 5.74) is -0.0825. The number of pyridine rings is 1. The summed E-state index contributed by atoms with van der Waals surface area (Å²) in [4.78, 5) is 36.9. The third kappa shape index (κ3) is 4.83. The molecular weight excluding hydrogens is 326 g/mol. The molecule has 1 fully saturated rings. The van der Waals surface area contributed by atoms with Crippen molar-refractivity contribution < 1.29 is 27.9 Å². The number of carbonyl (C=O) groups is 3. The third-order valence-corrected chi connectivity index (χ3v) is 4.55. The first-order valence-electron chi connectivity index (χ1n) is 6.77. The van der Waals surface area contributed by atoms with Crippen LogP contribution in [0.4, 0.5) is 0 Å². The number of hydrogen-bond donors (Lipinski definition) is 3. The molecule has 10 heteroatoms. The number of nitrogens with zero attached hydrogens (tertiary/aromatic N) is 1. The molecule has 1 amide bonds. The van der Waals surface area contributed by atoms with E-state index >= 15 is 0 Å². The Bertz CT molecular complexity index is 729. The molecule has 0 aliphatic heterocycles. The van der Waals surface area contributed by atoms with Gasteiger partial charge in [0, 0.05) is 18.4 Å². The molecular formula is C13H15N3O6S. The van der Waals surface area contributed by atoms with Crippen LogP contribution in [0.1, 0.15) is 29.6 Å². The topological polar surface area (TPSA) is 143 Å². The molecule has 23 heavy (non-hydrogen) atoms. The SMILES string of the molecule is O=C[C@H](CC(=O)O)NC(=O)c1cncc(S(=O)(=O)NC2CC2)c1. The second-order valence-corrected chi connectivity index (χ2v) is 6.83. The van der Waals surface area contributed by atoms with Gasteiger partial charge in [-0.15, -0.1) is 0 Å². The summed E-state index contributed by atoms with van der Waals surface area (Å²) in [6.07, 6.45) is 3.51. The highest BCUT2D eigenvalue weighted by atomic mass is 32.2. The highest BCUT2D eigenvalue weighted by Gasteiger charge is 2.28. The summed E-state index contributed by atoms with van der Waals surface area (Å²) in [6.45, 7) is 0. The van der Waals surface area contributed by atoms with Gasteiger partial charge in [0.15, 0.2) is 0 Å². The van der Waals surface area contributed by atoms with E-state index in [0.717, 1.165) is 31.3 Å². The summed E-state index contributed by atoms with van der Waals surface area (Å²) >= 11 is 0. The van der Waals surface area contributed by atoms with E-state index in [1.54, 1.807) is 0 Å². The van der Waals surface area contributed by atoms with Gasteiger partial charge in [-0.1, -0.05) is 0 Å². The zero-order valence-corrected chi connectivity index (χ0v) is 12.7. The Balaban J connectivity index is 2.13. The number of sulfonamides is 1. The van der Waals surface area contributed by atoms with Crippen molar-refractivity contribution in [1.82, 2.24) is 15.0 Å². The largest absolute Gasteiger partial charge is 0.481 e. The lowest BCUT2D eigenvalue weighted by molar-refractivity contribution is -0.138. The molecule has 2 rings (SSSR count). The van der Waals surface area contributed by atoms with Gasteiger partial charge < -0.3 is 15.2 Å². The summed E-state index contributed by atoms with van der Waals surface area (Å²) in [6, 6.07) is -0.173. The molecule has 0 unspecified atom stereocenters. The van der Waals surface area contributed by atoms with E-state index < -0.39 is 34.4 Å². The van der Waals surface area contributed by atoms with Gasteiger partial charge in [-0.3, -0.25) is 14.6 Å². The Hall–Kier alpha value is -2.33. The number of aldehydes is 1. The monoisotopic (exact) mass is 341 g/mol. The fourth-order valence-electron chi connectivity index (χ4n) is 1.75. The number of carboxylic acid groups (broad SMARTS) is 1. The molecule has 1 aromatic heterocycles. The maximum absolute atomic E-state index is 12.1. The lowest BCUT2D eigenvalue weighted by Crippen LogP contribution is -2.37. The fraction of sp³-hybridized carbons (Fsp3) is 0.385. The summed E-state index contributed by atoms with van der Waals surface area (Å²) in [7, 11) is -3.76. The maximum Gasteiger partial charge on any atom is 0.305 e. The Labute approximate surface area is 132 Å². The van der Waals surface area contributed by atoms with Crippen LogP contribution in [-0.2, 0) is 19.6 Å². The van der Waals surface area contributed by atoms with Gasteiger partial charge in [-0.2, -0.15) is 0 Å². The van der Waals surface area contributed by atoms with Crippen LogP contribution in [0.5, 0.6) is 0 Å². The van der Waals surface area contributed by atoms with Crippen molar-refractivity contribution in [3.05, 3.63) is 24.0 Å². The quantitative estimate of drug-likeness (QED) is 0.530. The van der Waals surface area contributed by atoms with Crippen molar-refractivity contribution in [2.45, 2.75) is 36.2 Å². The maximum atomic E-state index is 12.1.